The first-order chi connectivity index (χ1) is 12.8. The fourth-order valence-corrected chi connectivity index (χ4v) is 2.37. The maximum Gasteiger partial charge on any atom is 0.411 e. The molecule has 6 heteroatoms. The van der Waals surface area contributed by atoms with Gasteiger partial charge in [-0.2, -0.15) is 0 Å². The van der Waals surface area contributed by atoms with E-state index in [9.17, 15) is 9.59 Å². The quantitative estimate of drug-likeness (QED) is 0.733. The minimum absolute atomic E-state index is 0.158. The molecule has 2 aromatic rings. The summed E-state index contributed by atoms with van der Waals surface area (Å²) in [5.74, 6) is 0. The summed E-state index contributed by atoms with van der Waals surface area (Å²) in [6.07, 6.45) is -0.496. The molecule has 144 valence electrons. The molecule has 0 atom stereocenters. The van der Waals surface area contributed by atoms with Crippen LogP contribution in [0.4, 0.5) is 21.0 Å². The number of anilines is 2. The average Bonchev–Trinajstić information content (AvgIpc) is 2.57. The molecule has 27 heavy (non-hydrogen) atoms. The van der Waals surface area contributed by atoms with Crippen molar-refractivity contribution < 1.29 is 19.1 Å². The Balaban J connectivity index is 1.89. The molecule has 2 amide bonds. The molecule has 0 aliphatic carbocycles. The summed E-state index contributed by atoms with van der Waals surface area (Å²) in [7, 11) is 0. The second kappa shape index (κ2) is 9.62. The molecule has 0 unspecified atom stereocenters. The van der Waals surface area contributed by atoms with Gasteiger partial charge in [0.2, 0.25) is 0 Å². The van der Waals surface area contributed by atoms with Gasteiger partial charge in [-0.1, -0.05) is 24.3 Å². The maximum absolute atomic E-state index is 11.6. The third-order valence-corrected chi connectivity index (χ3v) is 3.49. The second-order valence-corrected chi connectivity index (χ2v) is 6.73. The van der Waals surface area contributed by atoms with E-state index in [1.54, 1.807) is 27.7 Å². The van der Waals surface area contributed by atoms with Gasteiger partial charge >= 0.3 is 12.2 Å². The predicted octanol–water partition coefficient (Wildman–Crippen LogP) is 5.19. The van der Waals surface area contributed by atoms with Crippen LogP contribution in [0.3, 0.4) is 0 Å². The fraction of sp³-hybridized carbons (Fsp3) is 0.333. The van der Waals surface area contributed by atoms with Gasteiger partial charge in [-0.05, 0) is 69.5 Å². The lowest BCUT2D eigenvalue weighted by molar-refractivity contribution is 0.129. The number of hydrogen-bond acceptors (Lipinski definition) is 4. The summed E-state index contributed by atoms with van der Waals surface area (Å²) < 4.78 is 10.1. The number of nitrogens with one attached hydrogen (secondary N) is 2. The molecule has 0 spiro atoms. The highest BCUT2D eigenvalue weighted by Gasteiger charge is 2.07. The third kappa shape index (κ3) is 7.40. The standard InChI is InChI=1S/C21H26N2O4/c1-14(2)26-20(24)22-18-9-5-16(6-10-18)13-17-7-11-19(12-8-17)23-21(25)27-15(3)4/h5-12,14-15H,13H2,1-4H3,(H,22,24)(H,23,25). The van der Waals surface area contributed by atoms with Crippen molar-refractivity contribution in [2.75, 3.05) is 10.6 Å². The Labute approximate surface area is 159 Å². The van der Waals surface area contributed by atoms with Crippen molar-refractivity contribution in [2.24, 2.45) is 0 Å². The van der Waals surface area contributed by atoms with Gasteiger partial charge in [0.1, 0.15) is 0 Å². The van der Waals surface area contributed by atoms with E-state index in [1.807, 2.05) is 48.5 Å². The molecule has 0 saturated heterocycles. The van der Waals surface area contributed by atoms with E-state index >= 15 is 0 Å². The normalized spacial score (nSPS) is 10.6. The molecule has 0 fully saturated rings. The van der Waals surface area contributed by atoms with E-state index in [4.69, 9.17) is 9.47 Å². The summed E-state index contributed by atoms with van der Waals surface area (Å²) in [5.41, 5.74) is 3.59. The van der Waals surface area contributed by atoms with Crippen LogP contribution in [0.2, 0.25) is 0 Å². The van der Waals surface area contributed by atoms with Crippen molar-refractivity contribution in [3.63, 3.8) is 0 Å². The van der Waals surface area contributed by atoms with Crippen molar-refractivity contribution in [1.29, 1.82) is 0 Å². The molecule has 0 bridgehead atoms. The Kier molecular flexibility index (Phi) is 7.23. The Bertz CT molecular complexity index is 687. The van der Waals surface area contributed by atoms with Crippen molar-refractivity contribution in [2.45, 2.75) is 46.3 Å². The van der Waals surface area contributed by atoms with Crippen molar-refractivity contribution >= 4 is 23.6 Å². The number of ether oxygens (including phenoxy) is 2. The van der Waals surface area contributed by atoms with E-state index in [2.05, 4.69) is 10.6 Å². The summed E-state index contributed by atoms with van der Waals surface area (Å²) in [4.78, 5) is 23.2. The summed E-state index contributed by atoms with van der Waals surface area (Å²) in [6, 6.07) is 15.2. The van der Waals surface area contributed by atoms with E-state index in [0.29, 0.717) is 11.4 Å². The number of carbonyl (C=O) groups excluding carboxylic acids is 2. The van der Waals surface area contributed by atoms with Crippen LogP contribution in [0.25, 0.3) is 0 Å². The maximum atomic E-state index is 11.6. The number of benzene rings is 2. The molecule has 2 aromatic carbocycles. The lowest BCUT2D eigenvalue weighted by atomic mass is 10.0. The molecule has 2 N–H and O–H groups in total. The van der Waals surface area contributed by atoms with E-state index in [-0.39, 0.29) is 12.2 Å². The number of amides is 2. The topological polar surface area (TPSA) is 76.7 Å². The van der Waals surface area contributed by atoms with Crippen LogP contribution < -0.4 is 10.6 Å². The van der Waals surface area contributed by atoms with Crippen LogP contribution >= 0.6 is 0 Å². The van der Waals surface area contributed by atoms with Gasteiger partial charge in [-0.25, -0.2) is 9.59 Å². The third-order valence-electron chi connectivity index (χ3n) is 3.49. The van der Waals surface area contributed by atoms with Crippen LogP contribution in [0.15, 0.2) is 48.5 Å². The first-order valence-electron chi connectivity index (χ1n) is 8.95. The number of rotatable bonds is 6. The van der Waals surface area contributed by atoms with Crippen molar-refractivity contribution in [3.8, 4) is 0 Å². The minimum Gasteiger partial charge on any atom is -0.447 e. The first kappa shape index (κ1) is 20.3. The highest BCUT2D eigenvalue weighted by molar-refractivity contribution is 5.85. The molecule has 0 saturated carbocycles. The Hall–Kier alpha value is -3.02. The Morgan fingerprint density at radius 1 is 0.704 bits per heavy atom. The molecule has 2 rings (SSSR count). The summed E-state index contributed by atoms with van der Waals surface area (Å²) in [6.45, 7) is 7.21. The molecule has 6 nitrogen and oxygen atoms in total. The smallest absolute Gasteiger partial charge is 0.411 e. The SMILES string of the molecule is CC(C)OC(=O)Nc1ccc(Cc2ccc(NC(=O)OC(C)C)cc2)cc1. The predicted molar refractivity (Wildman–Crippen MR) is 106 cm³/mol. The second-order valence-electron chi connectivity index (χ2n) is 6.73. The van der Waals surface area contributed by atoms with Crippen LogP contribution in [-0.4, -0.2) is 24.4 Å². The van der Waals surface area contributed by atoms with Gasteiger partial charge in [-0.15, -0.1) is 0 Å². The van der Waals surface area contributed by atoms with Gasteiger partial charge in [0, 0.05) is 11.4 Å². The molecule has 0 aliphatic rings. The average molecular weight is 370 g/mol. The van der Waals surface area contributed by atoms with E-state index < -0.39 is 12.2 Å². The van der Waals surface area contributed by atoms with Gasteiger partial charge in [0.25, 0.3) is 0 Å². The largest absolute Gasteiger partial charge is 0.447 e. The molecule has 0 aliphatic heterocycles. The van der Waals surface area contributed by atoms with E-state index in [0.717, 1.165) is 17.5 Å². The number of hydrogen-bond donors (Lipinski definition) is 2. The van der Waals surface area contributed by atoms with Crippen LogP contribution in [0.5, 0.6) is 0 Å². The molecule has 0 heterocycles. The Morgan fingerprint density at radius 2 is 1.04 bits per heavy atom. The molecular weight excluding hydrogens is 344 g/mol. The van der Waals surface area contributed by atoms with Gasteiger partial charge < -0.3 is 9.47 Å². The number of carbonyl (C=O) groups is 2. The zero-order chi connectivity index (χ0) is 19.8. The Morgan fingerprint density at radius 3 is 1.33 bits per heavy atom. The minimum atomic E-state index is -0.461. The summed E-state index contributed by atoms with van der Waals surface area (Å²) in [5, 5.41) is 5.38. The van der Waals surface area contributed by atoms with Crippen LogP contribution in [0.1, 0.15) is 38.8 Å². The fourth-order valence-electron chi connectivity index (χ4n) is 2.37. The first-order valence-corrected chi connectivity index (χ1v) is 8.95. The summed E-state index contributed by atoms with van der Waals surface area (Å²) >= 11 is 0. The van der Waals surface area contributed by atoms with Gasteiger partial charge in [0.15, 0.2) is 0 Å². The molecular formula is C21H26N2O4. The highest BCUT2D eigenvalue weighted by atomic mass is 16.6. The molecule has 0 aromatic heterocycles. The van der Waals surface area contributed by atoms with Gasteiger partial charge in [0.05, 0.1) is 12.2 Å². The lowest BCUT2D eigenvalue weighted by Crippen LogP contribution is -2.17. The van der Waals surface area contributed by atoms with Crippen molar-refractivity contribution in [1.82, 2.24) is 0 Å². The van der Waals surface area contributed by atoms with Crippen LogP contribution in [0, 0.1) is 0 Å². The molecule has 0 radical (unpaired) electrons. The van der Waals surface area contributed by atoms with Gasteiger partial charge in [-0.3, -0.25) is 10.6 Å². The van der Waals surface area contributed by atoms with E-state index in [1.165, 1.54) is 0 Å². The highest BCUT2D eigenvalue weighted by Crippen LogP contribution is 2.16. The zero-order valence-corrected chi connectivity index (χ0v) is 16.1. The van der Waals surface area contributed by atoms with Crippen LogP contribution in [-0.2, 0) is 15.9 Å². The zero-order valence-electron chi connectivity index (χ0n) is 16.1. The monoisotopic (exact) mass is 370 g/mol. The lowest BCUT2D eigenvalue weighted by Gasteiger charge is -2.11. The van der Waals surface area contributed by atoms with Crippen molar-refractivity contribution in [3.05, 3.63) is 59.7 Å².